The van der Waals surface area contributed by atoms with Crippen molar-refractivity contribution < 1.29 is 4.74 Å². The molecule has 10 atom stereocenters. The zero-order valence-electron chi connectivity index (χ0n) is 10.8. The summed E-state index contributed by atoms with van der Waals surface area (Å²) in [5.41, 5.74) is 5.00. The smallest absolute Gasteiger partial charge is 0.0848 e. The summed E-state index contributed by atoms with van der Waals surface area (Å²) in [5.74, 6) is 6.34. The maximum atomic E-state index is 5.96. The predicted octanol–water partition coefficient (Wildman–Crippen LogP) is 2.92. The number of fused-ring (bicyclic) bond motifs is 1. The molecule has 1 aromatic carbocycles. The zero-order chi connectivity index (χ0) is 11.7. The van der Waals surface area contributed by atoms with Crippen LogP contribution < -0.4 is 0 Å². The van der Waals surface area contributed by atoms with E-state index in [4.69, 9.17) is 4.74 Å². The van der Waals surface area contributed by atoms with Crippen molar-refractivity contribution in [1.82, 2.24) is 0 Å². The van der Waals surface area contributed by atoms with Crippen LogP contribution in [0.25, 0.3) is 0 Å². The van der Waals surface area contributed by atoms with Crippen LogP contribution in [-0.2, 0) is 4.74 Å². The summed E-state index contributed by atoms with van der Waals surface area (Å²) in [4.78, 5) is 0. The summed E-state index contributed by atoms with van der Waals surface area (Å²) < 4.78 is 5.96. The molecule has 0 N–H and O–H groups in total. The number of benzene rings is 1. The summed E-state index contributed by atoms with van der Waals surface area (Å²) in [5, 5.41) is 0. The minimum atomic E-state index is 0.667. The molecule has 0 radical (unpaired) electrons. The maximum absolute atomic E-state index is 5.96. The molecule has 1 heteroatoms. The van der Waals surface area contributed by atoms with Gasteiger partial charge in [-0.15, -0.1) is 0 Å². The monoisotopic (exact) mass is 248 g/mol. The highest BCUT2D eigenvalue weighted by Crippen LogP contribution is 3.07. The summed E-state index contributed by atoms with van der Waals surface area (Å²) >= 11 is 0. The predicted molar refractivity (Wildman–Crippen MR) is 68.6 cm³/mol. The van der Waals surface area contributed by atoms with Gasteiger partial charge in [-0.3, -0.25) is 0 Å². The molecule has 94 valence electrons. The molecular weight excluding hydrogens is 232 g/mol. The molecule has 1 aliphatic heterocycles. The molecule has 5 saturated carbocycles. The van der Waals surface area contributed by atoms with Gasteiger partial charge in [-0.1, -0.05) is 24.3 Å². The first-order valence-electron chi connectivity index (χ1n) is 8.14. The van der Waals surface area contributed by atoms with Crippen LogP contribution in [0.2, 0.25) is 0 Å². The van der Waals surface area contributed by atoms with Gasteiger partial charge < -0.3 is 4.74 Å². The molecular formula is C18H16O. The molecule has 1 heterocycles. The Labute approximate surface area is 112 Å². The highest BCUT2D eigenvalue weighted by atomic mass is 16.6. The van der Waals surface area contributed by atoms with Crippen LogP contribution in [0.4, 0.5) is 0 Å². The Hall–Kier alpha value is -0.820. The quantitative estimate of drug-likeness (QED) is 0.643. The molecule has 7 aliphatic carbocycles. The lowest BCUT2D eigenvalue weighted by molar-refractivity contribution is 0.106. The standard InChI is InChI=1S/C18H16O/c1-2-4-8-7(3-1)14-11-12-13(11)16-17(14)5-9-10(19-9)6-18(16,17)15(8)12/h1-4,9-16H,5-6H2/t9-,10-,11-,12+,13?,14-,15-,16?,17+,18-/m1/s1. The van der Waals surface area contributed by atoms with Gasteiger partial charge in [-0.2, -0.15) is 0 Å². The lowest BCUT2D eigenvalue weighted by Gasteiger charge is -2.50. The second-order valence-electron chi connectivity index (χ2n) is 8.50. The van der Waals surface area contributed by atoms with E-state index < -0.39 is 0 Å². The van der Waals surface area contributed by atoms with Gasteiger partial charge in [0.05, 0.1) is 12.2 Å². The van der Waals surface area contributed by atoms with Crippen molar-refractivity contribution in [3.05, 3.63) is 35.4 Å². The van der Waals surface area contributed by atoms with Crippen molar-refractivity contribution in [3.63, 3.8) is 0 Å². The van der Waals surface area contributed by atoms with Crippen LogP contribution in [0.5, 0.6) is 0 Å². The Morgan fingerprint density at radius 3 is 2.00 bits per heavy atom. The summed E-state index contributed by atoms with van der Waals surface area (Å²) in [6, 6.07) is 9.51. The van der Waals surface area contributed by atoms with E-state index in [1.807, 2.05) is 0 Å². The number of epoxide rings is 1. The first-order valence-corrected chi connectivity index (χ1v) is 8.14. The second-order valence-corrected chi connectivity index (χ2v) is 8.50. The fraction of sp³-hybridized carbons (Fsp3) is 0.667. The SMILES string of the molecule is c1ccc2c(c1)[C@@H]1[C@@H]3C4C5[C@@]16C[C@H]1O[C@@H]1C[C@]56[C@H]2[C@@H]43. The Balaban J connectivity index is 1.52. The third-order valence-electron chi connectivity index (χ3n) is 8.78. The van der Waals surface area contributed by atoms with Crippen molar-refractivity contribution in [1.29, 1.82) is 0 Å². The Morgan fingerprint density at radius 1 is 0.842 bits per heavy atom. The highest BCUT2D eigenvalue weighted by molar-refractivity contribution is 5.63. The van der Waals surface area contributed by atoms with Crippen molar-refractivity contribution in [2.75, 3.05) is 0 Å². The molecule has 0 amide bonds. The van der Waals surface area contributed by atoms with Crippen LogP contribution in [0.3, 0.4) is 0 Å². The van der Waals surface area contributed by atoms with Crippen molar-refractivity contribution >= 4 is 0 Å². The van der Waals surface area contributed by atoms with Crippen LogP contribution in [0.1, 0.15) is 35.8 Å². The van der Waals surface area contributed by atoms with Crippen molar-refractivity contribution in [3.8, 4) is 0 Å². The van der Waals surface area contributed by atoms with E-state index in [1.54, 1.807) is 11.1 Å². The van der Waals surface area contributed by atoms with Gasteiger partial charge in [-0.05, 0) is 70.3 Å². The van der Waals surface area contributed by atoms with E-state index in [-0.39, 0.29) is 0 Å². The van der Waals surface area contributed by atoms with Gasteiger partial charge in [0.25, 0.3) is 0 Å². The molecule has 8 aliphatic rings. The Kier molecular flexibility index (Phi) is 0.863. The number of rotatable bonds is 0. The second kappa shape index (κ2) is 1.94. The fourth-order valence-electron chi connectivity index (χ4n) is 8.88. The van der Waals surface area contributed by atoms with Gasteiger partial charge in [0, 0.05) is 0 Å². The van der Waals surface area contributed by atoms with Crippen molar-refractivity contribution in [2.45, 2.75) is 36.9 Å². The van der Waals surface area contributed by atoms with Crippen LogP contribution in [-0.4, -0.2) is 12.2 Å². The Bertz CT molecular complexity index is 652. The number of hydrogen-bond acceptors (Lipinski definition) is 1. The summed E-state index contributed by atoms with van der Waals surface area (Å²) in [7, 11) is 0. The third-order valence-corrected chi connectivity index (χ3v) is 8.78. The topological polar surface area (TPSA) is 12.5 Å². The van der Waals surface area contributed by atoms with E-state index in [1.165, 1.54) is 12.8 Å². The molecule has 0 aromatic heterocycles. The zero-order valence-corrected chi connectivity index (χ0v) is 10.8. The van der Waals surface area contributed by atoms with Gasteiger partial charge in [0.1, 0.15) is 0 Å². The lowest BCUT2D eigenvalue weighted by Crippen LogP contribution is -2.43. The average molecular weight is 248 g/mol. The third kappa shape index (κ3) is 0.521. The van der Waals surface area contributed by atoms with Gasteiger partial charge in [0.2, 0.25) is 0 Å². The average Bonchev–Trinajstić information content (AvgIpc) is 3.33. The summed E-state index contributed by atoms with van der Waals surface area (Å²) in [6.07, 6.45) is 4.19. The van der Waals surface area contributed by atoms with Gasteiger partial charge >= 0.3 is 0 Å². The lowest BCUT2D eigenvalue weighted by atomic mass is 9.53. The molecule has 2 bridgehead atoms. The minimum Gasteiger partial charge on any atom is -0.370 e. The maximum Gasteiger partial charge on any atom is 0.0848 e. The first kappa shape index (κ1) is 8.46. The number of hydrogen-bond donors (Lipinski definition) is 0. The summed E-state index contributed by atoms with van der Waals surface area (Å²) in [6.45, 7) is 0. The molecule has 2 unspecified atom stereocenters. The highest BCUT2D eigenvalue weighted by Gasteiger charge is 3.02. The molecule has 1 aromatic rings. The Morgan fingerprint density at radius 2 is 1.42 bits per heavy atom. The largest absolute Gasteiger partial charge is 0.370 e. The number of ether oxygens (including phenoxy) is 1. The van der Waals surface area contributed by atoms with Crippen LogP contribution >= 0.6 is 0 Å². The van der Waals surface area contributed by atoms with E-state index in [2.05, 4.69) is 24.3 Å². The van der Waals surface area contributed by atoms with Crippen LogP contribution in [0.15, 0.2) is 24.3 Å². The fourth-order valence-corrected chi connectivity index (χ4v) is 8.88. The minimum absolute atomic E-state index is 0.667. The normalized spacial score (nSPS) is 73.1. The molecule has 1 nitrogen and oxygen atoms in total. The van der Waals surface area contributed by atoms with E-state index in [9.17, 15) is 0 Å². The molecule has 6 fully saturated rings. The van der Waals surface area contributed by atoms with E-state index >= 15 is 0 Å². The van der Waals surface area contributed by atoms with E-state index in [0.29, 0.717) is 12.2 Å². The van der Waals surface area contributed by atoms with E-state index in [0.717, 1.165) is 46.3 Å². The van der Waals surface area contributed by atoms with Gasteiger partial charge in [-0.25, -0.2) is 0 Å². The van der Waals surface area contributed by atoms with Crippen molar-refractivity contribution in [2.24, 2.45) is 34.5 Å². The molecule has 2 spiro atoms. The first-order chi connectivity index (χ1) is 9.39. The van der Waals surface area contributed by atoms with Gasteiger partial charge in [0.15, 0.2) is 0 Å². The molecule has 19 heavy (non-hydrogen) atoms. The molecule has 1 saturated heterocycles. The molecule has 9 rings (SSSR count). The van der Waals surface area contributed by atoms with Crippen LogP contribution in [0, 0.1) is 34.5 Å².